The van der Waals surface area contributed by atoms with Crippen molar-refractivity contribution in [2.45, 2.75) is 37.2 Å². The van der Waals surface area contributed by atoms with E-state index in [2.05, 4.69) is 6.92 Å². The Kier molecular flexibility index (Phi) is 5.17. The van der Waals surface area contributed by atoms with Gasteiger partial charge in [0.2, 0.25) is 0 Å². The van der Waals surface area contributed by atoms with Crippen molar-refractivity contribution >= 4 is 29.5 Å². The van der Waals surface area contributed by atoms with Gasteiger partial charge < -0.3 is 4.74 Å². The first kappa shape index (κ1) is 12.2. The Bertz CT molecular complexity index is 189. The van der Waals surface area contributed by atoms with E-state index in [0.717, 1.165) is 30.8 Å². The highest BCUT2D eigenvalue weighted by atomic mass is 32.2. The zero-order valence-electron chi connectivity index (χ0n) is 8.88. The summed E-state index contributed by atoms with van der Waals surface area (Å²) < 4.78 is 4.87. The summed E-state index contributed by atoms with van der Waals surface area (Å²) in [7, 11) is 0. The minimum Gasteiger partial charge on any atom is -0.464 e. The molecule has 0 aromatic carbocycles. The minimum atomic E-state index is -0.272. The number of carbonyl (C=O) groups excluding carboxylic acids is 1. The standard InChI is InChI=1S/C10H18O2S2/c1-3-5-6-10(9(11)12-4-2)13-7-8-14-10/h3-8H2,1-2H3. The summed E-state index contributed by atoms with van der Waals surface area (Å²) in [5, 5.41) is 0. The molecule has 0 bridgehead atoms. The van der Waals surface area contributed by atoms with Crippen molar-refractivity contribution in [2.75, 3.05) is 18.1 Å². The molecule has 0 atom stereocenters. The van der Waals surface area contributed by atoms with E-state index in [-0.39, 0.29) is 10.0 Å². The van der Waals surface area contributed by atoms with Crippen LogP contribution in [0.4, 0.5) is 0 Å². The van der Waals surface area contributed by atoms with E-state index in [1.807, 2.05) is 6.92 Å². The summed E-state index contributed by atoms with van der Waals surface area (Å²) in [5.41, 5.74) is 0. The molecular formula is C10H18O2S2. The number of thioether (sulfide) groups is 2. The SMILES string of the molecule is CCCCC1(C(=O)OCC)SCCS1. The summed E-state index contributed by atoms with van der Waals surface area (Å²) in [4.78, 5) is 11.8. The first-order valence-electron chi connectivity index (χ1n) is 5.20. The first-order chi connectivity index (χ1) is 6.75. The highest BCUT2D eigenvalue weighted by molar-refractivity contribution is 8.22. The first-order valence-corrected chi connectivity index (χ1v) is 7.17. The molecule has 1 rings (SSSR count). The number of hydrogen-bond donors (Lipinski definition) is 0. The van der Waals surface area contributed by atoms with Gasteiger partial charge in [-0.25, -0.2) is 4.79 Å². The molecule has 1 heterocycles. The van der Waals surface area contributed by atoms with Crippen LogP contribution in [0.5, 0.6) is 0 Å². The molecule has 14 heavy (non-hydrogen) atoms. The van der Waals surface area contributed by atoms with Crippen molar-refractivity contribution < 1.29 is 9.53 Å². The fourth-order valence-corrected chi connectivity index (χ4v) is 4.56. The molecule has 0 spiro atoms. The molecule has 0 saturated carbocycles. The molecule has 1 fully saturated rings. The molecule has 0 aromatic heterocycles. The van der Waals surface area contributed by atoms with Crippen molar-refractivity contribution in [3.8, 4) is 0 Å². The van der Waals surface area contributed by atoms with Gasteiger partial charge in [-0.1, -0.05) is 19.8 Å². The van der Waals surface area contributed by atoms with Gasteiger partial charge in [0.25, 0.3) is 0 Å². The quantitative estimate of drug-likeness (QED) is 0.683. The monoisotopic (exact) mass is 234 g/mol. The molecule has 1 aliphatic rings. The zero-order valence-corrected chi connectivity index (χ0v) is 10.5. The molecule has 0 aliphatic carbocycles. The molecule has 1 aliphatic heterocycles. The van der Waals surface area contributed by atoms with Crippen LogP contribution in [-0.2, 0) is 9.53 Å². The Morgan fingerprint density at radius 1 is 1.36 bits per heavy atom. The lowest BCUT2D eigenvalue weighted by Crippen LogP contribution is -2.31. The third-order valence-electron chi connectivity index (χ3n) is 2.20. The van der Waals surface area contributed by atoms with Crippen LogP contribution in [0.25, 0.3) is 0 Å². The topological polar surface area (TPSA) is 26.3 Å². The summed E-state index contributed by atoms with van der Waals surface area (Å²) >= 11 is 3.53. The Morgan fingerprint density at radius 3 is 2.50 bits per heavy atom. The highest BCUT2D eigenvalue weighted by Gasteiger charge is 2.43. The van der Waals surface area contributed by atoms with Crippen LogP contribution < -0.4 is 0 Å². The lowest BCUT2D eigenvalue weighted by Gasteiger charge is -2.24. The third-order valence-corrected chi connectivity index (χ3v) is 5.66. The van der Waals surface area contributed by atoms with Crippen molar-refractivity contribution in [1.82, 2.24) is 0 Å². The fourth-order valence-electron chi connectivity index (χ4n) is 1.47. The molecule has 1 saturated heterocycles. The average molecular weight is 234 g/mol. The van der Waals surface area contributed by atoms with Gasteiger partial charge in [-0.2, -0.15) is 0 Å². The maximum absolute atomic E-state index is 11.8. The Hall–Kier alpha value is 0.170. The second-order valence-electron chi connectivity index (χ2n) is 3.27. The van der Waals surface area contributed by atoms with E-state index < -0.39 is 0 Å². The maximum atomic E-state index is 11.8. The van der Waals surface area contributed by atoms with Gasteiger partial charge in [-0.05, 0) is 13.3 Å². The molecule has 82 valence electrons. The fraction of sp³-hybridized carbons (Fsp3) is 0.900. The Balaban J connectivity index is 2.56. The summed E-state index contributed by atoms with van der Waals surface area (Å²) in [6, 6.07) is 0. The molecule has 0 radical (unpaired) electrons. The Labute approximate surface area is 94.5 Å². The molecule has 0 amide bonds. The van der Waals surface area contributed by atoms with Gasteiger partial charge in [0.1, 0.15) is 0 Å². The number of ether oxygens (including phenoxy) is 1. The van der Waals surface area contributed by atoms with E-state index in [1.54, 1.807) is 23.5 Å². The van der Waals surface area contributed by atoms with Crippen LogP contribution in [-0.4, -0.2) is 28.2 Å². The van der Waals surface area contributed by atoms with E-state index >= 15 is 0 Å². The Morgan fingerprint density at radius 2 is 2.00 bits per heavy atom. The number of esters is 1. The predicted molar refractivity (Wildman–Crippen MR) is 63.8 cm³/mol. The summed E-state index contributed by atoms with van der Waals surface area (Å²) in [6.07, 6.45) is 3.21. The lowest BCUT2D eigenvalue weighted by atomic mass is 10.2. The van der Waals surface area contributed by atoms with Crippen LogP contribution >= 0.6 is 23.5 Å². The lowest BCUT2D eigenvalue weighted by molar-refractivity contribution is -0.143. The highest BCUT2D eigenvalue weighted by Crippen LogP contribution is 2.48. The van der Waals surface area contributed by atoms with Crippen LogP contribution in [0.1, 0.15) is 33.1 Å². The van der Waals surface area contributed by atoms with Crippen LogP contribution in [0, 0.1) is 0 Å². The largest absolute Gasteiger partial charge is 0.464 e. The van der Waals surface area contributed by atoms with Gasteiger partial charge in [0.05, 0.1) is 6.61 Å². The molecular weight excluding hydrogens is 216 g/mol. The van der Waals surface area contributed by atoms with E-state index in [0.29, 0.717) is 6.61 Å². The zero-order chi connectivity index (χ0) is 10.4. The van der Waals surface area contributed by atoms with Crippen molar-refractivity contribution in [3.05, 3.63) is 0 Å². The van der Waals surface area contributed by atoms with Gasteiger partial charge in [-0.3, -0.25) is 0 Å². The van der Waals surface area contributed by atoms with Gasteiger partial charge in [-0.15, -0.1) is 23.5 Å². The number of rotatable bonds is 5. The molecule has 0 unspecified atom stereocenters. The smallest absolute Gasteiger partial charge is 0.332 e. The predicted octanol–water partition coefficient (Wildman–Crippen LogP) is 2.92. The summed E-state index contributed by atoms with van der Waals surface area (Å²) in [5.74, 6) is 2.14. The van der Waals surface area contributed by atoms with Crippen LogP contribution in [0.3, 0.4) is 0 Å². The van der Waals surface area contributed by atoms with E-state index in [4.69, 9.17) is 4.74 Å². The van der Waals surface area contributed by atoms with Gasteiger partial charge >= 0.3 is 5.97 Å². The van der Waals surface area contributed by atoms with Gasteiger partial charge in [0, 0.05) is 11.5 Å². The average Bonchev–Trinajstić information content (AvgIpc) is 2.65. The van der Waals surface area contributed by atoms with Crippen molar-refractivity contribution in [1.29, 1.82) is 0 Å². The minimum absolute atomic E-state index is 0.0130. The van der Waals surface area contributed by atoms with Crippen LogP contribution in [0.15, 0.2) is 0 Å². The number of carbonyl (C=O) groups is 1. The van der Waals surface area contributed by atoms with Crippen molar-refractivity contribution in [2.24, 2.45) is 0 Å². The van der Waals surface area contributed by atoms with Gasteiger partial charge in [0.15, 0.2) is 4.08 Å². The molecule has 0 N–H and O–H groups in total. The van der Waals surface area contributed by atoms with Crippen LogP contribution in [0.2, 0.25) is 0 Å². The maximum Gasteiger partial charge on any atom is 0.332 e. The van der Waals surface area contributed by atoms with E-state index in [9.17, 15) is 4.79 Å². The van der Waals surface area contributed by atoms with Crippen molar-refractivity contribution in [3.63, 3.8) is 0 Å². The summed E-state index contributed by atoms with van der Waals surface area (Å²) in [6.45, 7) is 4.52. The second kappa shape index (κ2) is 5.91. The number of unbranched alkanes of at least 4 members (excludes halogenated alkanes) is 1. The van der Waals surface area contributed by atoms with E-state index in [1.165, 1.54) is 0 Å². The second-order valence-corrected chi connectivity index (χ2v) is 6.32. The molecule has 2 nitrogen and oxygen atoms in total. The third kappa shape index (κ3) is 2.83. The number of hydrogen-bond acceptors (Lipinski definition) is 4. The normalized spacial score (nSPS) is 19.6. The molecule has 4 heteroatoms. The molecule has 0 aromatic rings.